The minimum Gasteiger partial charge on any atom is -0.489 e. The molecule has 1 saturated heterocycles. The number of aryl methyl sites for hydroxylation is 1. The Kier molecular flexibility index (Phi) is 11.7. The number of hydrogen-bond donors (Lipinski definition) is 2. The van der Waals surface area contributed by atoms with Crippen molar-refractivity contribution >= 4 is 50.2 Å². The maximum Gasteiger partial charge on any atom is 0.229 e. The molecule has 3 heterocycles. The van der Waals surface area contributed by atoms with Gasteiger partial charge in [-0.3, -0.25) is 4.90 Å². The van der Waals surface area contributed by atoms with E-state index in [1.807, 2.05) is 13.8 Å². The van der Waals surface area contributed by atoms with Gasteiger partial charge in [-0.15, -0.1) is 0 Å². The van der Waals surface area contributed by atoms with Crippen LogP contribution in [0.1, 0.15) is 84.8 Å². The molecule has 3 aromatic rings. The second kappa shape index (κ2) is 15.6. The molecule has 0 unspecified atom stereocenters. The van der Waals surface area contributed by atoms with E-state index in [1.165, 1.54) is 17.3 Å². The summed E-state index contributed by atoms with van der Waals surface area (Å²) in [4.78, 5) is 12.0. The maximum atomic E-state index is 13.1. The first kappa shape index (κ1) is 36.1. The second-order valence-corrected chi connectivity index (χ2v) is 16.2. The van der Waals surface area contributed by atoms with Crippen molar-refractivity contribution < 1.29 is 17.9 Å². The molecule has 2 aromatic carbocycles. The van der Waals surface area contributed by atoms with Crippen molar-refractivity contribution in [3.63, 3.8) is 0 Å². The smallest absolute Gasteiger partial charge is 0.229 e. The van der Waals surface area contributed by atoms with Gasteiger partial charge in [-0.2, -0.15) is 4.98 Å². The SMILES string of the molecule is CC[C@@H]1CC(c2cc(OC(C)C)c(Nc3ncc(Cl)c(Nc4ccccc4S(=O)(=O)C(C)C)n3)cc2C)=C[C@@H](CC)N1C1CCOCC1. The molecule has 0 amide bonds. The zero-order valence-electron chi connectivity index (χ0n) is 29.2. The van der Waals surface area contributed by atoms with E-state index < -0.39 is 15.1 Å². The number of benzene rings is 2. The Morgan fingerprint density at radius 2 is 1.77 bits per heavy atom. The lowest BCUT2D eigenvalue weighted by atomic mass is 9.84. The van der Waals surface area contributed by atoms with Gasteiger partial charge in [0.15, 0.2) is 15.7 Å². The standard InChI is InChI=1S/C37H50ClN5O4S/c1-8-27-19-26(20-28(9-2)43(27)29-14-16-46-17-15-29)30-21-34(47-23(3)4)33(18-25(30)7)41-37-39-22-31(38)36(42-37)40-32-12-10-11-13-35(32)48(44,45)24(5)6/h10-13,18-19,21-24,27-29H,8-9,14-17,20H2,1-7H3,(H2,39,40,41,42)/t27-,28-/m1/s1. The molecule has 0 spiro atoms. The number of ether oxygens (including phenoxy) is 2. The molecule has 260 valence electrons. The lowest BCUT2D eigenvalue weighted by Gasteiger charge is -2.47. The summed E-state index contributed by atoms with van der Waals surface area (Å²) in [5, 5.41) is 6.16. The predicted octanol–water partition coefficient (Wildman–Crippen LogP) is 8.72. The van der Waals surface area contributed by atoms with Gasteiger partial charge < -0.3 is 20.1 Å². The molecular weight excluding hydrogens is 646 g/mol. The lowest BCUT2D eigenvalue weighted by molar-refractivity contribution is 0.000653. The monoisotopic (exact) mass is 695 g/mol. The molecular formula is C37H50ClN5O4S. The van der Waals surface area contributed by atoms with Crippen LogP contribution in [0.15, 0.2) is 53.6 Å². The van der Waals surface area contributed by atoms with E-state index in [-0.39, 0.29) is 21.8 Å². The molecule has 0 aliphatic carbocycles. The molecule has 2 atom stereocenters. The summed E-state index contributed by atoms with van der Waals surface area (Å²) < 4.78 is 38.2. The van der Waals surface area contributed by atoms with Crippen LogP contribution < -0.4 is 15.4 Å². The van der Waals surface area contributed by atoms with E-state index in [4.69, 9.17) is 21.1 Å². The van der Waals surface area contributed by atoms with Crippen molar-refractivity contribution in [2.45, 2.75) is 115 Å². The normalized spacial score (nSPS) is 19.4. The highest BCUT2D eigenvalue weighted by Crippen LogP contribution is 2.40. The van der Waals surface area contributed by atoms with Crippen LogP contribution in [0.2, 0.25) is 5.02 Å². The zero-order chi connectivity index (χ0) is 34.6. The summed E-state index contributed by atoms with van der Waals surface area (Å²) in [6.45, 7) is 15.8. The fourth-order valence-corrected chi connectivity index (χ4v) is 8.11. The van der Waals surface area contributed by atoms with E-state index in [9.17, 15) is 8.42 Å². The van der Waals surface area contributed by atoms with Crippen molar-refractivity contribution in [3.05, 3.63) is 64.8 Å². The van der Waals surface area contributed by atoms with Crippen LogP contribution in [-0.4, -0.2) is 66.0 Å². The topological polar surface area (TPSA) is 106 Å². The van der Waals surface area contributed by atoms with Gasteiger partial charge in [-0.25, -0.2) is 13.4 Å². The fourth-order valence-electron chi connectivity index (χ4n) is 6.77. The summed E-state index contributed by atoms with van der Waals surface area (Å²) in [6.07, 6.45) is 9.25. The van der Waals surface area contributed by atoms with Gasteiger partial charge in [-0.1, -0.05) is 43.7 Å². The number of halogens is 1. The molecule has 0 saturated carbocycles. The van der Waals surface area contributed by atoms with Crippen molar-refractivity contribution in [1.82, 2.24) is 14.9 Å². The Bertz CT molecular complexity index is 1720. The van der Waals surface area contributed by atoms with Crippen LogP contribution in [0, 0.1) is 6.92 Å². The van der Waals surface area contributed by atoms with Crippen LogP contribution in [0.25, 0.3) is 5.57 Å². The minimum atomic E-state index is -3.55. The van der Waals surface area contributed by atoms with Crippen LogP contribution in [-0.2, 0) is 14.6 Å². The molecule has 2 aliphatic heterocycles. The van der Waals surface area contributed by atoms with E-state index in [0.717, 1.165) is 56.6 Å². The molecule has 11 heteroatoms. The number of sulfone groups is 1. The largest absolute Gasteiger partial charge is 0.489 e. The number of aromatic nitrogens is 2. The van der Waals surface area contributed by atoms with E-state index in [0.29, 0.717) is 35.5 Å². The summed E-state index contributed by atoms with van der Waals surface area (Å²) in [5.74, 6) is 1.30. The molecule has 48 heavy (non-hydrogen) atoms. The minimum absolute atomic E-state index is 0.0556. The first-order chi connectivity index (χ1) is 22.9. The summed E-state index contributed by atoms with van der Waals surface area (Å²) in [6, 6.07) is 12.4. The van der Waals surface area contributed by atoms with Gasteiger partial charge in [0.1, 0.15) is 10.8 Å². The average molecular weight is 696 g/mol. The molecule has 0 bridgehead atoms. The number of hydrogen-bond acceptors (Lipinski definition) is 9. The molecule has 1 fully saturated rings. The quantitative estimate of drug-likeness (QED) is 0.192. The van der Waals surface area contributed by atoms with Gasteiger partial charge in [0.05, 0.1) is 33.8 Å². The molecule has 2 aliphatic rings. The molecule has 2 N–H and O–H groups in total. The van der Waals surface area contributed by atoms with Gasteiger partial charge in [0.25, 0.3) is 0 Å². The molecule has 0 radical (unpaired) electrons. The number of para-hydroxylation sites is 1. The zero-order valence-corrected chi connectivity index (χ0v) is 30.8. The summed E-state index contributed by atoms with van der Waals surface area (Å²) in [7, 11) is -3.55. The lowest BCUT2D eigenvalue weighted by Crippen LogP contribution is -2.52. The highest BCUT2D eigenvalue weighted by molar-refractivity contribution is 7.92. The Morgan fingerprint density at radius 3 is 2.44 bits per heavy atom. The number of anilines is 4. The second-order valence-electron chi connectivity index (χ2n) is 13.3. The molecule has 9 nitrogen and oxygen atoms in total. The van der Waals surface area contributed by atoms with Crippen LogP contribution in [0.4, 0.5) is 23.1 Å². The van der Waals surface area contributed by atoms with Crippen LogP contribution in [0.5, 0.6) is 5.75 Å². The van der Waals surface area contributed by atoms with Gasteiger partial charge in [0.2, 0.25) is 5.95 Å². The van der Waals surface area contributed by atoms with Gasteiger partial charge in [0, 0.05) is 31.3 Å². The Hall–Kier alpha value is -3.18. The molecule has 5 rings (SSSR count). The van der Waals surface area contributed by atoms with Gasteiger partial charge in [-0.05, 0) is 108 Å². The van der Waals surface area contributed by atoms with Gasteiger partial charge >= 0.3 is 0 Å². The van der Waals surface area contributed by atoms with Crippen LogP contribution >= 0.6 is 11.6 Å². The van der Waals surface area contributed by atoms with Crippen molar-refractivity contribution in [2.24, 2.45) is 0 Å². The first-order valence-electron chi connectivity index (χ1n) is 17.2. The number of nitrogens with one attached hydrogen (secondary N) is 2. The van der Waals surface area contributed by atoms with E-state index >= 15 is 0 Å². The maximum absolute atomic E-state index is 13.1. The van der Waals surface area contributed by atoms with Crippen molar-refractivity contribution in [2.75, 3.05) is 23.8 Å². The Morgan fingerprint density at radius 1 is 1.04 bits per heavy atom. The van der Waals surface area contributed by atoms with Crippen LogP contribution in [0.3, 0.4) is 0 Å². The predicted molar refractivity (Wildman–Crippen MR) is 196 cm³/mol. The summed E-state index contributed by atoms with van der Waals surface area (Å²) >= 11 is 6.51. The van der Waals surface area contributed by atoms with Crippen molar-refractivity contribution in [1.29, 1.82) is 0 Å². The molecule has 1 aromatic heterocycles. The fraction of sp³-hybridized carbons (Fsp3) is 0.514. The third-order valence-electron chi connectivity index (χ3n) is 9.25. The van der Waals surface area contributed by atoms with Crippen molar-refractivity contribution in [3.8, 4) is 5.75 Å². The third kappa shape index (κ3) is 7.99. The Labute approximate surface area is 291 Å². The van der Waals surface area contributed by atoms with E-state index in [2.05, 4.69) is 64.5 Å². The highest BCUT2D eigenvalue weighted by atomic mass is 35.5. The third-order valence-corrected chi connectivity index (χ3v) is 11.7. The highest BCUT2D eigenvalue weighted by Gasteiger charge is 2.35. The average Bonchev–Trinajstić information content (AvgIpc) is 3.07. The van der Waals surface area contributed by atoms with E-state index in [1.54, 1.807) is 38.1 Å². The number of nitrogens with zero attached hydrogens (tertiary/aromatic N) is 3. The summed E-state index contributed by atoms with van der Waals surface area (Å²) in [5.41, 5.74) is 4.82. The first-order valence-corrected chi connectivity index (χ1v) is 19.1. The Balaban J connectivity index is 1.46. The number of rotatable bonds is 12.